The average molecular weight is 488 g/mol. The smallest absolute Gasteiger partial charge is 0.264 e. The maximum absolute atomic E-state index is 14.0. The largest absolute Gasteiger partial charge is 0.493 e. The number of anilines is 1. The molecule has 33 heavy (non-hydrogen) atoms. The van der Waals surface area contributed by atoms with Crippen LogP contribution in [-0.4, -0.2) is 46.8 Å². The first-order valence-corrected chi connectivity index (χ1v) is 12.4. The van der Waals surface area contributed by atoms with Crippen molar-refractivity contribution in [3.05, 3.63) is 77.1 Å². The molecule has 1 aliphatic heterocycles. The van der Waals surface area contributed by atoms with E-state index in [1.54, 1.807) is 30.5 Å². The van der Waals surface area contributed by atoms with Gasteiger partial charge in [-0.25, -0.2) is 8.42 Å². The topological polar surface area (TPSA) is 80.8 Å². The molecule has 9 heteroatoms. The summed E-state index contributed by atoms with van der Waals surface area (Å²) in [6, 6.07) is 15.4. The van der Waals surface area contributed by atoms with Gasteiger partial charge >= 0.3 is 0 Å². The van der Waals surface area contributed by atoms with Crippen LogP contribution >= 0.6 is 11.6 Å². The number of nitrogens with one attached hydrogen (secondary N) is 1. The minimum atomic E-state index is -3.93. The van der Waals surface area contributed by atoms with Crippen LogP contribution in [0.25, 0.3) is 0 Å². The Hall–Kier alpha value is -2.81. The number of sulfonamides is 1. The van der Waals surface area contributed by atoms with Gasteiger partial charge < -0.3 is 14.8 Å². The zero-order chi connectivity index (χ0) is 23.4. The molecule has 0 unspecified atom stereocenters. The first kappa shape index (κ1) is 23.4. The van der Waals surface area contributed by atoms with Gasteiger partial charge in [0.25, 0.3) is 10.0 Å². The van der Waals surface area contributed by atoms with Crippen molar-refractivity contribution < 1.29 is 17.9 Å². The first-order chi connectivity index (χ1) is 15.9. The summed E-state index contributed by atoms with van der Waals surface area (Å²) < 4.78 is 40.2. The fourth-order valence-electron chi connectivity index (χ4n) is 4.06. The second-order valence-corrected chi connectivity index (χ2v) is 9.99. The Morgan fingerprint density at radius 2 is 1.91 bits per heavy atom. The summed E-state index contributed by atoms with van der Waals surface area (Å²) >= 11 is 6.32. The quantitative estimate of drug-likeness (QED) is 0.519. The Morgan fingerprint density at radius 1 is 1.09 bits per heavy atom. The molecule has 0 saturated carbocycles. The molecule has 2 heterocycles. The van der Waals surface area contributed by atoms with Crippen LogP contribution in [-0.2, 0) is 16.4 Å². The number of aromatic nitrogens is 1. The van der Waals surface area contributed by atoms with Crippen molar-refractivity contribution in [1.29, 1.82) is 0 Å². The minimum absolute atomic E-state index is 0.130. The van der Waals surface area contributed by atoms with Crippen LogP contribution in [0.3, 0.4) is 0 Å². The normalized spacial score (nSPS) is 15.9. The molecule has 1 aliphatic rings. The maximum atomic E-state index is 14.0. The van der Waals surface area contributed by atoms with Crippen LogP contribution < -0.4 is 19.1 Å². The van der Waals surface area contributed by atoms with Gasteiger partial charge in [-0.15, -0.1) is 0 Å². The highest BCUT2D eigenvalue weighted by atomic mass is 35.5. The van der Waals surface area contributed by atoms with Gasteiger partial charge in [-0.1, -0.05) is 17.7 Å². The third kappa shape index (κ3) is 4.93. The van der Waals surface area contributed by atoms with E-state index in [9.17, 15) is 8.42 Å². The molecular weight excluding hydrogens is 462 g/mol. The first-order valence-electron chi connectivity index (χ1n) is 10.6. The highest BCUT2D eigenvalue weighted by molar-refractivity contribution is 7.92. The number of rotatable bonds is 8. The Kier molecular flexibility index (Phi) is 7.07. The molecule has 7 nitrogen and oxygen atoms in total. The molecule has 1 aromatic heterocycles. The second-order valence-electron chi connectivity index (χ2n) is 7.74. The highest BCUT2D eigenvalue weighted by Gasteiger charge is 2.35. The molecule has 3 aromatic rings. The van der Waals surface area contributed by atoms with Gasteiger partial charge in [0.1, 0.15) is 0 Å². The van der Waals surface area contributed by atoms with Crippen LogP contribution in [0.4, 0.5) is 5.69 Å². The number of hydrogen-bond donors (Lipinski definition) is 1. The van der Waals surface area contributed by atoms with Gasteiger partial charge in [0, 0.05) is 35.9 Å². The van der Waals surface area contributed by atoms with Gasteiger partial charge in [0.2, 0.25) is 0 Å². The molecule has 0 spiro atoms. The number of pyridine rings is 1. The van der Waals surface area contributed by atoms with Gasteiger partial charge in [-0.2, -0.15) is 0 Å². The van der Waals surface area contributed by atoms with Crippen LogP contribution in [0.1, 0.15) is 17.7 Å². The fourth-order valence-corrected chi connectivity index (χ4v) is 5.99. The van der Waals surface area contributed by atoms with E-state index < -0.39 is 10.0 Å². The second kappa shape index (κ2) is 9.99. The van der Waals surface area contributed by atoms with Crippen molar-refractivity contribution in [2.75, 3.05) is 31.6 Å². The Labute approximate surface area is 199 Å². The lowest BCUT2D eigenvalue weighted by Gasteiger charge is -2.32. The lowest BCUT2D eigenvalue weighted by molar-refractivity contribution is 0.354. The molecule has 2 aromatic carbocycles. The van der Waals surface area contributed by atoms with Crippen LogP contribution in [0.15, 0.2) is 65.7 Å². The van der Waals surface area contributed by atoms with E-state index in [1.807, 2.05) is 24.3 Å². The standard InChI is InChI=1S/C24H26ClN3O4S/c1-31-23-9-7-21(15-24(23)32-2)33(29,30)28(20-10-12-26-16-20)22-8-6-18(25)13-17(22)14-19-5-3-4-11-27-19/h3-9,11,13,15,20,26H,10,12,14,16H2,1-2H3/t20-/m0/s1. The van der Waals surface area contributed by atoms with E-state index in [4.69, 9.17) is 21.1 Å². The lowest BCUT2D eigenvalue weighted by Crippen LogP contribution is -2.42. The van der Waals surface area contributed by atoms with E-state index in [0.717, 1.165) is 17.8 Å². The van der Waals surface area contributed by atoms with E-state index >= 15 is 0 Å². The molecule has 0 aliphatic carbocycles. The molecule has 4 rings (SSSR count). The van der Waals surface area contributed by atoms with E-state index in [0.29, 0.717) is 41.6 Å². The average Bonchev–Trinajstić information content (AvgIpc) is 3.35. The number of halogens is 1. The summed E-state index contributed by atoms with van der Waals surface area (Å²) in [7, 11) is -0.931. The lowest BCUT2D eigenvalue weighted by atomic mass is 10.1. The SMILES string of the molecule is COc1ccc(S(=O)(=O)N(c2ccc(Cl)cc2Cc2ccccn2)[C@H]2CCNC2)cc1OC. The van der Waals surface area contributed by atoms with Crippen molar-refractivity contribution >= 4 is 27.3 Å². The van der Waals surface area contributed by atoms with Crippen LogP contribution in [0.2, 0.25) is 5.02 Å². The summed E-state index contributed by atoms with van der Waals surface area (Å²) in [4.78, 5) is 4.54. The number of methoxy groups -OCH3 is 2. The van der Waals surface area contributed by atoms with Crippen molar-refractivity contribution in [2.45, 2.75) is 23.8 Å². The Bertz CT molecular complexity index is 1220. The summed E-state index contributed by atoms with van der Waals surface area (Å²) in [5.74, 6) is 0.820. The number of ether oxygens (including phenoxy) is 2. The predicted molar refractivity (Wildman–Crippen MR) is 129 cm³/mol. The third-order valence-corrected chi connectivity index (χ3v) is 7.75. The van der Waals surface area contributed by atoms with Crippen LogP contribution in [0.5, 0.6) is 11.5 Å². The molecule has 1 saturated heterocycles. The predicted octanol–water partition coefficient (Wildman–Crippen LogP) is 3.90. The van der Waals surface area contributed by atoms with Crippen molar-refractivity contribution in [1.82, 2.24) is 10.3 Å². The Balaban J connectivity index is 1.84. The Morgan fingerprint density at radius 3 is 2.58 bits per heavy atom. The van der Waals surface area contributed by atoms with Gasteiger partial charge in [-0.3, -0.25) is 9.29 Å². The fraction of sp³-hybridized carbons (Fsp3) is 0.292. The van der Waals surface area contributed by atoms with E-state index in [1.165, 1.54) is 24.6 Å². The monoisotopic (exact) mass is 487 g/mol. The molecule has 0 amide bonds. The maximum Gasteiger partial charge on any atom is 0.264 e. The third-order valence-electron chi connectivity index (χ3n) is 5.65. The molecular formula is C24H26ClN3O4S. The molecule has 1 fully saturated rings. The van der Waals surface area contributed by atoms with Gasteiger partial charge in [0.15, 0.2) is 11.5 Å². The number of hydrogen-bond acceptors (Lipinski definition) is 6. The molecule has 1 atom stereocenters. The molecule has 174 valence electrons. The van der Waals surface area contributed by atoms with Crippen molar-refractivity contribution in [3.8, 4) is 11.5 Å². The van der Waals surface area contributed by atoms with Crippen LogP contribution in [0, 0.1) is 0 Å². The molecule has 0 bridgehead atoms. The molecule has 0 radical (unpaired) electrons. The highest BCUT2D eigenvalue weighted by Crippen LogP contribution is 2.36. The van der Waals surface area contributed by atoms with Crippen molar-refractivity contribution in [3.63, 3.8) is 0 Å². The summed E-state index contributed by atoms with van der Waals surface area (Å²) in [5.41, 5.74) is 2.21. The number of benzene rings is 2. The van der Waals surface area contributed by atoms with E-state index in [2.05, 4.69) is 10.3 Å². The van der Waals surface area contributed by atoms with Gasteiger partial charge in [-0.05, 0) is 61.0 Å². The summed E-state index contributed by atoms with van der Waals surface area (Å²) in [5, 5.41) is 3.82. The summed E-state index contributed by atoms with van der Waals surface area (Å²) in [6.07, 6.45) is 2.87. The van der Waals surface area contributed by atoms with E-state index in [-0.39, 0.29) is 10.9 Å². The zero-order valence-corrected chi connectivity index (χ0v) is 20.1. The number of nitrogens with zero attached hydrogens (tertiary/aromatic N) is 2. The van der Waals surface area contributed by atoms with Gasteiger partial charge in [0.05, 0.1) is 30.8 Å². The van der Waals surface area contributed by atoms with Crippen molar-refractivity contribution in [2.24, 2.45) is 0 Å². The minimum Gasteiger partial charge on any atom is -0.493 e. The summed E-state index contributed by atoms with van der Waals surface area (Å²) in [6.45, 7) is 1.30. The zero-order valence-electron chi connectivity index (χ0n) is 18.5. The molecule has 1 N–H and O–H groups in total.